The number of carbonyl (C=O) groups is 1. The molecule has 0 rings (SSSR count). The third-order valence-corrected chi connectivity index (χ3v) is 1.42. The molecule has 0 aromatic carbocycles. The largest absolute Gasteiger partial charge is 0.394 e. The zero-order valence-corrected chi connectivity index (χ0v) is 6.24. The standard InChI is InChI=1S/C6H12O6/c7-1-3(9)5(11)6(12)4(10)2-8/h1,3-6,8-12H,2H2/t3-,4+,5+,6+/m0/s1/i1+1,7+2,9+2. The third kappa shape index (κ3) is 2.84. The van der Waals surface area contributed by atoms with Crippen molar-refractivity contribution < 1.29 is 30.3 Å². The van der Waals surface area contributed by atoms with Gasteiger partial charge in [-0.1, -0.05) is 0 Å². The number of carbonyl (C=O) groups excluding carboxylic acids is 1. The summed E-state index contributed by atoms with van der Waals surface area (Å²) in [6, 6.07) is 0. The predicted octanol–water partition coefficient (Wildman–Crippen LogP) is -3.38. The fourth-order valence-electron chi connectivity index (χ4n) is 0.618. The topological polar surface area (TPSA) is 118 Å². The second-order valence-corrected chi connectivity index (χ2v) is 2.36. The highest BCUT2D eigenvalue weighted by molar-refractivity contribution is 5.56. The summed E-state index contributed by atoms with van der Waals surface area (Å²) in [4.78, 5) is 9.90. The van der Waals surface area contributed by atoms with Crippen LogP contribution in [0.1, 0.15) is 0 Å². The number of aliphatic hydroxyl groups excluding tert-OH is 5. The molecule has 12 heavy (non-hydrogen) atoms. The number of hydrogen-bond donors (Lipinski definition) is 5. The van der Waals surface area contributed by atoms with Gasteiger partial charge in [0, 0.05) is 0 Å². The fraction of sp³-hybridized carbons (Fsp3) is 0.833. The van der Waals surface area contributed by atoms with E-state index in [4.69, 9.17) is 25.5 Å². The highest BCUT2D eigenvalue weighted by Gasteiger charge is 2.29. The normalized spacial score (nSPS) is 21.1. The lowest BCUT2D eigenvalue weighted by Crippen LogP contribution is -2.46. The highest BCUT2D eigenvalue weighted by atomic mass is 18.2. The minimum Gasteiger partial charge on any atom is -0.394 e. The highest BCUT2D eigenvalue weighted by Crippen LogP contribution is 2.02. The molecule has 0 saturated heterocycles. The Bertz CT molecular complexity index is 138. The number of aldehydes is 1. The van der Waals surface area contributed by atoms with Crippen molar-refractivity contribution in [2.75, 3.05) is 6.61 Å². The summed E-state index contributed by atoms with van der Waals surface area (Å²) in [5.74, 6) is 0. The molecule has 0 unspecified atom stereocenters. The van der Waals surface area contributed by atoms with Gasteiger partial charge in [-0.25, -0.2) is 0 Å². The first kappa shape index (κ1) is 11.5. The summed E-state index contributed by atoms with van der Waals surface area (Å²) in [5.41, 5.74) is 0. The van der Waals surface area contributed by atoms with E-state index in [2.05, 4.69) is 0 Å². The van der Waals surface area contributed by atoms with Gasteiger partial charge in [0.15, 0.2) is 6.29 Å². The molecule has 0 aliphatic carbocycles. The van der Waals surface area contributed by atoms with Gasteiger partial charge < -0.3 is 30.3 Å². The second kappa shape index (κ2) is 5.18. The SMILES string of the molecule is OC[C@@H](O)[C@@H](O)[C@H](O)[C@@H]([18OH])[13CH]=[18O]. The van der Waals surface area contributed by atoms with E-state index in [0.717, 1.165) is 0 Å². The Hall–Kier alpha value is -0.530. The first-order chi connectivity index (χ1) is 5.54. The van der Waals surface area contributed by atoms with E-state index >= 15 is 0 Å². The summed E-state index contributed by atoms with van der Waals surface area (Å²) >= 11 is 0. The van der Waals surface area contributed by atoms with E-state index in [1.54, 1.807) is 0 Å². The molecule has 0 heterocycles. The molecule has 0 amide bonds. The molecule has 0 bridgehead atoms. The van der Waals surface area contributed by atoms with Crippen LogP contribution in [0, 0.1) is 0 Å². The zero-order chi connectivity index (χ0) is 9.72. The molecule has 72 valence electrons. The lowest BCUT2D eigenvalue weighted by molar-refractivity contribution is -0.136. The summed E-state index contributed by atoms with van der Waals surface area (Å²) in [7, 11) is 0. The summed E-state index contributed by atoms with van der Waals surface area (Å²) < 4.78 is 0. The van der Waals surface area contributed by atoms with Crippen molar-refractivity contribution in [1.82, 2.24) is 0 Å². The van der Waals surface area contributed by atoms with Gasteiger partial charge in [0.25, 0.3) is 0 Å². The maximum atomic E-state index is 9.90. The van der Waals surface area contributed by atoms with Crippen molar-refractivity contribution in [3.05, 3.63) is 0 Å². The Kier molecular flexibility index (Phi) is 4.95. The molecule has 0 aliphatic heterocycles. The van der Waals surface area contributed by atoms with Gasteiger partial charge in [-0.05, 0) is 0 Å². The van der Waals surface area contributed by atoms with Crippen molar-refractivity contribution in [2.24, 2.45) is 0 Å². The molecule has 0 spiro atoms. The van der Waals surface area contributed by atoms with E-state index in [1.165, 1.54) is 0 Å². The Morgan fingerprint density at radius 1 is 1.25 bits per heavy atom. The van der Waals surface area contributed by atoms with Gasteiger partial charge in [-0.15, -0.1) is 0 Å². The lowest BCUT2D eigenvalue weighted by Gasteiger charge is -2.22. The van der Waals surface area contributed by atoms with Gasteiger partial charge in [0.05, 0.1) is 6.61 Å². The first-order valence-electron chi connectivity index (χ1n) is 3.33. The number of rotatable bonds is 5. The van der Waals surface area contributed by atoms with E-state index < -0.39 is 31.0 Å². The molecule has 6 nitrogen and oxygen atoms in total. The van der Waals surface area contributed by atoms with Gasteiger partial charge in [-0.2, -0.15) is 0 Å². The second-order valence-electron chi connectivity index (χ2n) is 2.36. The molecule has 5 N–H and O–H groups in total. The van der Waals surface area contributed by atoms with Crippen molar-refractivity contribution in [2.45, 2.75) is 24.4 Å². The summed E-state index contributed by atoms with van der Waals surface area (Å²) in [6.07, 6.45) is -6.84. The average molecular weight is 185 g/mol. The van der Waals surface area contributed by atoms with E-state index in [-0.39, 0.29) is 6.29 Å². The lowest BCUT2D eigenvalue weighted by atomic mass is 10.1. The molecule has 0 aromatic heterocycles. The zero-order valence-electron chi connectivity index (χ0n) is 6.24. The Morgan fingerprint density at radius 2 is 1.75 bits per heavy atom. The maximum absolute atomic E-state index is 9.90. The Balaban J connectivity index is 4.07. The summed E-state index contributed by atoms with van der Waals surface area (Å²) in [5, 5.41) is 43.5. The molecule has 0 aromatic rings. The van der Waals surface area contributed by atoms with Crippen LogP contribution in [0.25, 0.3) is 0 Å². The van der Waals surface area contributed by atoms with Crippen LogP contribution in [-0.2, 0) is 4.79 Å². The first-order valence-corrected chi connectivity index (χ1v) is 3.33. The molecule has 0 aliphatic rings. The van der Waals surface area contributed by atoms with Crippen molar-refractivity contribution >= 4 is 6.29 Å². The Morgan fingerprint density at radius 3 is 2.08 bits per heavy atom. The van der Waals surface area contributed by atoms with Crippen molar-refractivity contribution in [3.8, 4) is 0 Å². The molecule has 6 heteroatoms. The van der Waals surface area contributed by atoms with Crippen LogP contribution in [0.3, 0.4) is 0 Å². The smallest absolute Gasteiger partial charge is 0.151 e. The van der Waals surface area contributed by atoms with Gasteiger partial charge in [-0.3, -0.25) is 0 Å². The van der Waals surface area contributed by atoms with Gasteiger partial charge in [0.1, 0.15) is 24.4 Å². The van der Waals surface area contributed by atoms with Crippen LogP contribution in [0.4, 0.5) is 0 Å². The van der Waals surface area contributed by atoms with E-state index in [1.807, 2.05) is 0 Å². The van der Waals surface area contributed by atoms with Crippen molar-refractivity contribution in [3.63, 3.8) is 0 Å². The molecular formula is C6H12O6. The van der Waals surface area contributed by atoms with Crippen LogP contribution in [0.2, 0.25) is 0 Å². The van der Waals surface area contributed by atoms with Crippen LogP contribution < -0.4 is 0 Å². The van der Waals surface area contributed by atoms with Crippen LogP contribution in [0.15, 0.2) is 0 Å². The Labute approximate surface area is 68.7 Å². The number of hydrogen-bond acceptors (Lipinski definition) is 6. The number of aliphatic hydroxyl groups is 5. The van der Waals surface area contributed by atoms with Gasteiger partial charge in [0.2, 0.25) is 0 Å². The van der Waals surface area contributed by atoms with Crippen LogP contribution in [-0.4, -0.2) is 62.8 Å². The van der Waals surface area contributed by atoms with Crippen LogP contribution in [0.5, 0.6) is 0 Å². The summed E-state index contributed by atoms with van der Waals surface area (Å²) in [6.45, 7) is -0.760. The minimum absolute atomic E-state index is 0.0258. The third-order valence-electron chi connectivity index (χ3n) is 1.42. The minimum atomic E-state index is -1.79. The maximum Gasteiger partial charge on any atom is 0.151 e. The van der Waals surface area contributed by atoms with Crippen LogP contribution >= 0.6 is 0 Å². The average Bonchev–Trinajstić information content (AvgIpc) is 2.12. The molecule has 0 saturated carbocycles. The monoisotopic (exact) mass is 185 g/mol. The fourth-order valence-corrected chi connectivity index (χ4v) is 0.618. The quantitative estimate of drug-likeness (QED) is 0.173. The molecular weight excluding hydrogens is 173 g/mol. The van der Waals surface area contributed by atoms with Gasteiger partial charge >= 0.3 is 0 Å². The van der Waals surface area contributed by atoms with E-state index in [0.29, 0.717) is 0 Å². The predicted molar refractivity (Wildman–Crippen MR) is 37.2 cm³/mol. The molecule has 0 fully saturated rings. The van der Waals surface area contributed by atoms with E-state index in [9.17, 15) is 4.79 Å². The van der Waals surface area contributed by atoms with Crippen molar-refractivity contribution in [1.29, 1.82) is 0 Å². The molecule has 4 atom stereocenters. The molecule has 0 radical (unpaired) electrons.